The lowest BCUT2D eigenvalue weighted by Gasteiger charge is -2.26. The molecule has 1 aliphatic carbocycles. The van der Waals surface area contributed by atoms with Gasteiger partial charge in [-0.3, -0.25) is 9.69 Å². The van der Waals surface area contributed by atoms with Gasteiger partial charge in [0.1, 0.15) is 0 Å². The molecule has 32 heavy (non-hydrogen) atoms. The van der Waals surface area contributed by atoms with E-state index in [1.807, 2.05) is 36.4 Å². The minimum atomic E-state index is -0.602. The van der Waals surface area contributed by atoms with Crippen LogP contribution in [0.5, 0.6) is 0 Å². The second-order valence-corrected chi connectivity index (χ2v) is 9.88. The van der Waals surface area contributed by atoms with Gasteiger partial charge in [-0.05, 0) is 54.4 Å². The molecule has 3 aromatic rings. The predicted octanol–water partition coefficient (Wildman–Crippen LogP) is 5.16. The lowest BCUT2D eigenvalue weighted by molar-refractivity contribution is 0.0355. The molecule has 164 valence electrons. The summed E-state index contributed by atoms with van der Waals surface area (Å²) in [5.41, 5.74) is 4.83. The third-order valence-corrected chi connectivity index (χ3v) is 7.22. The minimum absolute atomic E-state index is 0.180. The topological polar surface area (TPSA) is 40.5 Å². The zero-order chi connectivity index (χ0) is 22.1. The van der Waals surface area contributed by atoms with Crippen molar-refractivity contribution < 1.29 is 9.90 Å². The van der Waals surface area contributed by atoms with Crippen LogP contribution in [-0.2, 0) is 6.42 Å². The van der Waals surface area contributed by atoms with Crippen LogP contribution >= 0.6 is 0 Å². The molecule has 0 bridgehead atoms. The fourth-order valence-electron chi connectivity index (χ4n) is 5.80. The number of fused-ring (bicyclic) bond motifs is 1. The molecule has 1 N–H and O–H groups in total. The monoisotopic (exact) mass is 425 g/mol. The number of carbonyl (C=O) groups is 1. The van der Waals surface area contributed by atoms with Crippen molar-refractivity contribution >= 4 is 5.78 Å². The number of aryl methyl sites for hydroxylation is 1. The maximum absolute atomic E-state index is 13.0. The number of aliphatic hydroxyl groups is 1. The van der Waals surface area contributed by atoms with Crippen molar-refractivity contribution in [2.24, 2.45) is 11.8 Å². The summed E-state index contributed by atoms with van der Waals surface area (Å²) in [7, 11) is 0. The van der Waals surface area contributed by atoms with Gasteiger partial charge >= 0.3 is 0 Å². The highest BCUT2D eigenvalue weighted by atomic mass is 16.3. The van der Waals surface area contributed by atoms with Crippen LogP contribution in [0.3, 0.4) is 0 Å². The predicted molar refractivity (Wildman–Crippen MR) is 129 cm³/mol. The summed E-state index contributed by atoms with van der Waals surface area (Å²) < 4.78 is 0. The second kappa shape index (κ2) is 8.65. The molecular weight excluding hydrogens is 394 g/mol. The number of benzene rings is 3. The van der Waals surface area contributed by atoms with Gasteiger partial charge in [0.2, 0.25) is 0 Å². The molecule has 2 fully saturated rings. The molecule has 1 saturated heterocycles. The fourth-order valence-corrected chi connectivity index (χ4v) is 5.80. The van der Waals surface area contributed by atoms with E-state index in [0.717, 1.165) is 49.0 Å². The van der Waals surface area contributed by atoms with E-state index < -0.39 is 5.60 Å². The molecule has 3 heteroatoms. The zero-order valence-electron chi connectivity index (χ0n) is 18.7. The normalized spacial score (nSPS) is 25.1. The van der Waals surface area contributed by atoms with Crippen molar-refractivity contribution in [2.45, 2.75) is 31.8 Å². The van der Waals surface area contributed by atoms with Gasteiger partial charge in [-0.25, -0.2) is 0 Å². The summed E-state index contributed by atoms with van der Waals surface area (Å²) in [6.45, 7) is 4.36. The van der Waals surface area contributed by atoms with E-state index >= 15 is 0 Å². The van der Waals surface area contributed by atoms with Crippen LogP contribution in [-0.4, -0.2) is 41.0 Å². The Bertz CT molecular complexity index is 1090. The van der Waals surface area contributed by atoms with E-state index in [-0.39, 0.29) is 5.78 Å². The Balaban J connectivity index is 1.20. The number of hydrogen-bond acceptors (Lipinski definition) is 3. The number of rotatable bonds is 6. The van der Waals surface area contributed by atoms with Crippen molar-refractivity contribution in [3.63, 3.8) is 0 Å². The van der Waals surface area contributed by atoms with Crippen LogP contribution in [0.4, 0.5) is 0 Å². The molecule has 3 atom stereocenters. The molecule has 0 radical (unpaired) electrons. The van der Waals surface area contributed by atoms with Crippen LogP contribution in [0.15, 0.2) is 78.9 Å². The number of Topliss-reactive ketones (excluding diaryl/α,β-unsaturated/α-hetero) is 1. The number of ketones is 1. The minimum Gasteiger partial charge on any atom is -0.390 e. The SMILES string of the molecule is Cc1cccc(-c2cccc(C(=O)CN3C[C@@H]4C[C@](O)(Cc5ccccc5)C[C@@H]4C3)c2)c1. The van der Waals surface area contributed by atoms with Crippen LogP contribution in [0.25, 0.3) is 11.1 Å². The van der Waals surface area contributed by atoms with E-state index in [4.69, 9.17) is 0 Å². The van der Waals surface area contributed by atoms with E-state index in [0.29, 0.717) is 18.4 Å². The second-order valence-electron chi connectivity index (χ2n) is 9.88. The Morgan fingerprint density at radius 3 is 2.25 bits per heavy atom. The standard InChI is InChI=1S/C29H31NO2/c1-21-7-5-10-23(13-21)24-11-6-12-25(14-24)28(31)20-30-18-26-16-29(32,17-27(26)19-30)15-22-8-3-2-4-9-22/h2-14,26-27,32H,15-20H2,1H3/t26-,27+,29+. The van der Waals surface area contributed by atoms with Gasteiger partial charge in [-0.2, -0.15) is 0 Å². The quantitative estimate of drug-likeness (QED) is 0.555. The first-order valence-electron chi connectivity index (χ1n) is 11.7. The van der Waals surface area contributed by atoms with Crippen molar-refractivity contribution in [3.05, 3.63) is 95.6 Å². The summed E-state index contributed by atoms with van der Waals surface area (Å²) in [4.78, 5) is 15.3. The lowest BCUT2D eigenvalue weighted by atomic mass is 9.91. The molecule has 5 rings (SSSR count). The highest BCUT2D eigenvalue weighted by Crippen LogP contribution is 2.45. The largest absolute Gasteiger partial charge is 0.390 e. The average Bonchev–Trinajstić information content (AvgIpc) is 3.28. The molecule has 1 saturated carbocycles. The smallest absolute Gasteiger partial charge is 0.176 e. The van der Waals surface area contributed by atoms with E-state index in [1.165, 1.54) is 11.1 Å². The lowest BCUT2D eigenvalue weighted by Crippen LogP contribution is -2.34. The first kappa shape index (κ1) is 21.1. The van der Waals surface area contributed by atoms with E-state index in [2.05, 4.69) is 54.3 Å². The van der Waals surface area contributed by atoms with E-state index in [1.54, 1.807) is 0 Å². The molecular formula is C29H31NO2. The van der Waals surface area contributed by atoms with Gasteiger partial charge in [0.05, 0.1) is 12.1 Å². The van der Waals surface area contributed by atoms with Crippen LogP contribution in [0.2, 0.25) is 0 Å². The highest BCUT2D eigenvalue weighted by molar-refractivity contribution is 5.98. The summed E-state index contributed by atoms with van der Waals surface area (Å²) in [6.07, 6.45) is 2.39. The Morgan fingerprint density at radius 1 is 0.906 bits per heavy atom. The van der Waals surface area contributed by atoms with Crippen molar-refractivity contribution in [1.29, 1.82) is 0 Å². The van der Waals surface area contributed by atoms with Crippen molar-refractivity contribution in [2.75, 3.05) is 19.6 Å². The van der Waals surface area contributed by atoms with Gasteiger partial charge in [0.15, 0.2) is 5.78 Å². The van der Waals surface area contributed by atoms with Crippen molar-refractivity contribution in [1.82, 2.24) is 4.90 Å². The van der Waals surface area contributed by atoms with Gasteiger partial charge < -0.3 is 5.11 Å². The number of likely N-dealkylation sites (tertiary alicyclic amines) is 1. The molecule has 1 heterocycles. The van der Waals surface area contributed by atoms with Crippen LogP contribution in [0.1, 0.15) is 34.3 Å². The Kier molecular flexibility index (Phi) is 5.71. The number of hydrogen-bond donors (Lipinski definition) is 1. The van der Waals surface area contributed by atoms with Gasteiger partial charge in [0.25, 0.3) is 0 Å². The summed E-state index contributed by atoms with van der Waals surface area (Å²) in [5.74, 6) is 1.14. The van der Waals surface area contributed by atoms with Gasteiger partial charge in [-0.15, -0.1) is 0 Å². The number of carbonyl (C=O) groups excluding carboxylic acids is 1. The first-order chi connectivity index (χ1) is 15.5. The summed E-state index contributed by atoms with van der Waals surface area (Å²) in [5, 5.41) is 11.2. The Morgan fingerprint density at radius 2 is 1.56 bits per heavy atom. The highest BCUT2D eigenvalue weighted by Gasteiger charge is 2.48. The molecule has 1 aliphatic heterocycles. The fraction of sp³-hybridized carbons (Fsp3) is 0.345. The third-order valence-electron chi connectivity index (χ3n) is 7.22. The maximum atomic E-state index is 13.0. The molecule has 2 aliphatic rings. The zero-order valence-corrected chi connectivity index (χ0v) is 18.7. The molecule has 3 aromatic carbocycles. The van der Waals surface area contributed by atoms with Crippen LogP contribution in [0, 0.1) is 18.8 Å². The molecule has 0 aromatic heterocycles. The number of nitrogens with zero attached hydrogens (tertiary/aromatic N) is 1. The van der Waals surface area contributed by atoms with Crippen LogP contribution < -0.4 is 0 Å². The van der Waals surface area contributed by atoms with Crippen molar-refractivity contribution in [3.8, 4) is 11.1 Å². The maximum Gasteiger partial charge on any atom is 0.176 e. The molecule has 3 nitrogen and oxygen atoms in total. The Labute approximate surface area is 190 Å². The average molecular weight is 426 g/mol. The first-order valence-corrected chi connectivity index (χ1v) is 11.7. The molecule has 0 unspecified atom stereocenters. The summed E-state index contributed by atoms with van der Waals surface area (Å²) >= 11 is 0. The van der Waals surface area contributed by atoms with Gasteiger partial charge in [0, 0.05) is 25.1 Å². The summed E-state index contributed by atoms with van der Waals surface area (Å²) in [6, 6.07) is 26.7. The molecule has 0 spiro atoms. The van der Waals surface area contributed by atoms with Gasteiger partial charge in [-0.1, -0.05) is 78.4 Å². The third kappa shape index (κ3) is 4.55. The van der Waals surface area contributed by atoms with E-state index in [9.17, 15) is 9.90 Å². The Hall–Kier alpha value is -2.75. The molecule has 0 amide bonds.